The van der Waals surface area contributed by atoms with Crippen LogP contribution in [0.25, 0.3) is 0 Å². The van der Waals surface area contributed by atoms with Gasteiger partial charge in [-0.05, 0) is 12.1 Å². The quantitative estimate of drug-likeness (QED) is 0.781. The molecular formula is C8H5BrFNO. The van der Waals surface area contributed by atoms with E-state index in [4.69, 9.17) is 10.00 Å². The second-order valence-electron chi connectivity index (χ2n) is 2.05. The zero-order chi connectivity index (χ0) is 8.97. The number of hydrogen-bond donors (Lipinski definition) is 0. The topological polar surface area (TPSA) is 33.0 Å². The highest BCUT2D eigenvalue weighted by molar-refractivity contribution is 9.10. The molecule has 0 amide bonds. The summed E-state index contributed by atoms with van der Waals surface area (Å²) in [5.74, 6) is -0.0410. The Kier molecular flexibility index (Phi) is 3.06. The molecule has 1 aromatic carbocycles. The van der Waals surface area contributed by atoms with Crippen molar-refractivity contribution in [1.82, 2.24) is 0 Å². The Labute approximate surface area is 77.7 Å². The van der Waals surface area contributed by atoms with Crippen LogP contribution in [0, 0.1) is 17.1 Å². The van der Waals surface area contributed by atoms with Crippen LogP contribution in [0.1, 0.15) is 0 Å². The first-order chi connectivity index (χ1) is 5.72. The maximum atomic E-state index is 12.7. The van der Waals surface area contributed by atoms with Crippen molar-refractivity contribution in [2.24, 2.45) is 0 Å². The molecule has 0 aromatic heterocycles. The van der Waals surface area contributed by atoms with E-state index >= 15 is 0 Å². The number of nitriles is 1. The monoisotopic (exact) mass is 229 g/mol. The summed E-state index contributed by atoms with van der Waals surface area (Å²) in [5, 5.41) is 8.19. The van der Waals surface area contributed by atoms with E-state index in [1.54, 1.807) is 12.1 Å². The second-order valence-corrected chi connectivity index (χ2v) is 2.97. The molecule has 0 unspecified atom stereocenters. The third-order valence-electron chi connectivity index (χ3n) is 1.14. The lowest BCUT2D eigenvalue weighted by Crippen LogP contribution is -1.93. The zero-order valence-electron chi connectivity index (χ0n) is 6.05. The minimum Gasteiger partial charge on any atom is -0.479 e. The number of rotatable bonds is 2. The summed E-state index contributed by atoms with van der Waals surface area (Å²) in [6.07, 6.45) is 0. The lowest BCUT2D eigenvalue weighted by Gasteiger charge is -2.01. The van der Waals surface area contributed by atoms with Gasteiger partial charge in [-0.3, -0.25) is 0 Å². The van der Waals surface area contributed by atoms with Crippen molar-refractivity contribution in [2.75, 3.05) is 6.61 Å². The highest BCUT2D eigenvalue weighted by Crippen LogP contribution is 2.20. The third kappa shape index (κ3) is 2.51. The van der Waals surface area contributed by atoms with Crippen LogP contribution < -0.4 is 4.74 Å². The van der Waals surface area contributed by atoms with Crippen molar-refractivity contribution < 1.29 is 9.13 Å². The molecule has 0 aliphatic carbocycles. The van der Waals surface area contributed by atoms with Gasteiger partial charge in [-0.2, -0.15) is 5.26 Å². The van der Waals surface area contributed by atoms with Gasteiger partial charge >= 0.3 is 0 Å². The summed E-state index contributed by atoms with van der Waals surface area (Å²) in [4.78, 5) is 0. The average Bonchev–Trinajstić information content (AvgIpc) is 1.99. The lowest BCUT2D eigenvalue weighted by molar-refractivity contribution is 0.365. The van der Waals surface area contributed by atoms with Crippen molar-refractivity contribution in [2.45, 2.75) is 0 Å². The molecular weight excluding hydrogens is 225 g/mol. The van der Waals surface area contributed by atoms with Gasteiger partial charge in [0.1, 0.15) is 17.6 Å². The summed E-state index contributed by atoms with van der Waals surface area (Å²) in [6, 6.07) is 5.94. The summed E-state index contributed by atoms with van der Waals surface area (Å²) in [6.45, 7) is -0.0735. The Hall–Kier alpha value is -1.08. The van der Waals surface area contributed by atoms with Crippen LogP contribution in [0.2, 0.25) is 0 Å². The fourth-order valence-electron chi connectivity index (χ4n) is 0.727. The van der Waals surface area contributed by atoms with Crippen molar-refractivity contribution >= 4 is 15.9 Å². The normalized spacial score (nSPS) is 9.08. The molecule has 12 heavy (non-hydrogen) atoms. The van der Waals surface area contributed by atoms with Crippen LogP contribution in [0.3, 0.4) is 0 Å². The number of nitrogens with zero attached hydrogens (tertiary/aromatic N) is 1. The summed E-state index contributed by atoms with van der Waals surface area (Å²) in [7, 11) is 0. The Morgan fingerprint density at radius 3 is 2.83 bits per heavy atom. The first-order valence-corrected chi connectivity index (χ1v) is 3.97. The minimum atomic E-state index is -0.391. The number of benzene rings is 1. The first kappa shape index (κ1) is 9.01. The third-order valence-corrected chi connectivity index (χ3v) is 1.60. The van der Waals surface area contributed by atoms with Crippen LogP contribution in [0.4, 0.5) is 4.39 Å². The highest BCUT2D eigenvalue weighted by Gasteiger charge is 1.98. The first-order valence-electron chi connectivity index (χ1n) is 3.18. The van der Waals surface area contributed by atoms with Gasteiger partial charge in [0.05, 0.1) is 0 Å². The molecule has 0 atom stereocenters. The lowest BCUT2D eigenvalue weighted by atomic mass is 10.3. The van der Waals surface area contributed by atoms with E-state index < -0.39 is 5.82 Å². The van der Waals surface area contributed by atoms with Crippen LogP contribution in [0.5, 0.6) is 5.75 Å². The molecule has 0 spiro atoms. The number of ether oxygens (including phenoxy) is 1. The molecule has 0 radical (unpaired) electrons. The molecule has 0 N–H and O–H groups in total. The minimum absolute atomic E-state index is 0.0735. The van der Waals surface area contributed by atoms with Gasteiger partial charge in [0.25, 0.3) is 0 Å². The highest BCUT2D eigenvalue weighted by atomic mass is 79.9. The predicted molar refractivity (Wildman–Crippen MR) is 45.2 cm³/mol. The van der Waals surface area contributed by atoms with Gasteiger partial charge in [-0.1, -0.05) is 15.9 Å². The smallest absolute Gasteiger partial charge is 0.174 e. The summed E-state index contributed by atoms with van der Waals surface area (Å²) < 4.78 is 18.1. The predicted octanol–water partition coefficient (Wildman–Crippen LogP) is 2.49. The van der Waals surface area contributed by atoms with Crippen LogP contribution in [-0.4, -0.2) is 6.61 Å². The van der Waals surface area contributed by atoms with Gasteiger partial charge < -0.3 is 4.74 Å². The molecule has 0 heterocycles. The molecule has 0 saturated carbocycles. The Morgan fingerprint density at radius 1 is 1.50 bits per heavy atom. The van der Waals surface area contributed by atoms with E-state index in [9.17, 15) is 4.39 Å². The van der Waals surface area contributed by atoms with E-state index in [1.807, 2.05) is 0 Å². The van der Waals surface area contributed by atoms with E-state index in [2.05, 4.69) is 15.9 Å². The largest absolute Gasteiger partial charge is 0.479 e. The molecule has 0 saturated heterocycles. The molecule has 4 heteroatoms. The van der Waals surface area contributed by atoms with Gasteiger partial charge in [0, 0.05) is 10.5 Å². The second kappa shape index (κ2) is 4.07. The standard InChI is InChI=1S/C8H5BrFNO/c9-6-3-7(10)5-8(4-6)12-2-1-11/h3-5H,2H2. The fraction of sp³-hybridized carbons (Fsp3) is 0.125. The average molecular weight is 230 g/mol. The van der Waals surface area contributed by atoms with Crippen LogP contribution in [-0.2, 0) is 0 Å². The van der Waals surface area contributed by atoms with E-state index in [0.29, 0.717) is 10.2 Å². The van der Waals surface area contributed by atoms with Crippen molar-refractivity contribution in [3.05, 3.63) is 28.5 Å². The maximum absolute atomic E-state index is 12.7. The van der Waals surface area contributed by atoms with Crippen LogP contribution in [0.15, 0.2) is 22.7 Å². The van der Waals surface area contributed by atoms with Gasteiger partial charge in [-0.25, -0.2) is 4.39 Å². The zero-order valence-corrected chi connectivity index (χ0v) is 7.64. The summed E-state index contributed by atoms with van der Waals surface area (Å²) >= 11 is 3.10. The van der Waals surface area contributed by atoms with Gasteiger partial charge in [-0.15, -0.1) is 0 Å². The van der Waals surface area contributed by atoms with Crippen molar-refractivity contribution in [3.8, 4) is 11.8 Å². The Morgan fingerprint density at radius 2 is 2.25 bits per heavy atom. The number of halogens is 2. The molecule has 62 valence electrons. The van der Waals surface area contributed by atoms with E-state index in [-0.39, 0.29) is 6.61 Å². The van der Waals surface area contributed by atoms with E-state index in [1.165, 1.54) is 12.1 Å². The molecule has 0 aliphatic rings. The van der Waals surface area contributed by atoms with E-state index in [0.717, 1.165) is 0 Å². The molecule has 1 aromatic rings. The Balaban J connectivity index is 2.80. The molecule has 0 aliphatic heterocycles. The SMILES string of the molecule is N#CCOc1cc(F)cc(Br)c1. The molecule has 2 nitrogen and oxygen atoms in total. The molecule has 0 bridgehead atoms. The van der Waals surface area contributed by atoms with Crippen molar-refractivity contribution in [1.29, 1.82) is 5.26 Å². The molecule has 0 fully saturated rings. The fourth-order valence-corrected chi connectivity index (χ4v) is 1.17. The van der Waals surface area contributed by atoms with Crippen LogP contribution >= 0.6 is 15.9 Å². The number of hydrogen-bond acceptors (Lipinski definition) is 2. The molecule has 1 rings (SSSR count). The van der Waals surface area contributed by atoms with Gasteiger partial charge in [0.2, 0.25) is 0 Å². The summed E-state index contributed by atoms with van der Waals surface area (Å²) in [5.41, 5.74) is 0. The maximum Gasteiger partial charge on any atom is 0.174 e. The Bertz CT molecular complexity index is 301. The van der Waals surface area contributed by atoms with Crippen molar-refractivity contribution in [3.63, 3.8) is 0 Å². The van der Waals surface area contributed by atoms with Gasteiger partial charge in [0.15, 0.2) is 6.61 Å².